The predicted molar refractivity (Wildman–Crippen MR) is 86.0 cm³/mol. The molecule has 6 heteroatoms. The lowest BCUT2D eigenvalue weighted by molar-refractivity contribution is -0.114. The third-order valence-corrected chi connectivity index (χ3v) is 3.65. The molecule has 0 saturated carbocycles. The molecule has 1 heterocycles. The normalized spacial score (nSPS) is 10.5. The van der Waals surface area contributed by atoms with Gasteiger partial charge >= 0.3 is 0 Å². The van der Waals surface area contributed by atoms with Crippen molar-refractivity contribution in [1.82, 2.24) is 9.78 Å². The fourth-order valence-electron chi connectivity index (χ4n) is 2.10. The molecule has 2 rings (SSSR count). The van der Waals surface area contributed by atoms with Crippen molar-refractivity contribution in [2.75, 3.05) is 17.2 Å². The minimum atomic E-state index is -0.117. The first-order valence-corrected chi connectivity index (χ1v) is 7.06. The van der Waals surface area contributed by atoms with Gasteiger partial charge in [-0.25, -0.2) is 0 Å². The maximum absolute atomic E-state index is 12.1. The van der Waals surface area contributed by atoms with Crippen LogP contribution in [-0.2, 0) is 11.8 Å². The second-order valence-corrected chi connectivity index (χ2v) is 5.47. The van der Waals surface area contributed by atoms with E-state index in [0.29, 0.717) is 5.02 Å². The molecular weight excluding hydrogens is 288 g/mol. The molecule has 0 aliphatic rings. The lowest BCUT2D eigenvalue weighted by atomic mass is 10.2. The summed E-state index contributed by atoms with van der Waals surface area (Å²) in [5.41, 5.74) is 4.41. The van der Waals surface area contributed by atoms with E-state index < -0.39 is 0 Å². The van der Waals surface area contributed by atoms with Crippen LogP contribution in [0.3, 0.4) is 0 Å². The number of amides is 1. The van der Waals surface area contributed by atoms with E-state index in [4.69, 9.17) is 11.6 Å². The molecule has 112 valence electrons. The zero-order valence-corrected chi connectivity index (χ0v) is 13.4. The van der Waals surface area contributed by atoms with Crippen LogP contribution in [0.15, 0.2) is 18.2 Å². The first-order chi connectivity index (χ1) is 9.88. The third-order valence-electron chi connectivity index (χ3n) is 3.41. The van der Waals surface area contributed by atoms with Gasteiger partial charge in [0.1, 0.15) is 0 Å². The Balaban J connectivity index is 2.01. The number of carbonyl (C=O) groups is 1. The molecule has 0 fully saturated rings. The van der Waals surface area contributed by atoms with Crippen molar-refractivity contribution in [3.63, 3.8) is 0 Å². The summed E-state index contributed by atoms with van der Waals surface area (Å²) in [6, 6.07) is 5.55. The van der Waals surface area contributed by atoms with Crippen LogP contribution in [-0.4, -0.2) is 22.2 Å². The fourth-order valence-corrected chi connectivity index (χ4v) is 2.27. The zero-order valence-electron chi connectivity index (χ0n) is 12.6. The highest BCUT2D eigenvalue weighted by Gasteiger charge is 2.12. The number of nitrogens with one attached hydrogen (secondary N) is 2. The van der Waals surface area contributed by atoms with Gasteiger partial charge in [0.05, 0.1) is 23.6 Å². The number of aryl methyl sites for hydroxylation is 3. The zero-order chi connectivity index (χ0) is 15.6. The van der Waals surface area contributed by atoms with E-state index in [-0.39, 0.29) is 12.5 Å². The Morgan fingerprint density at radius 2 is 2.05 bits per heavy atom. The fraction of sp³-hybridized carbons (Fsp3) is 0.333. The molecule has 0 saturated heterocycles. The molecule has 0 spiro atoms. The van der Waals surface area contributed by atoms with E-state index in [1.165, 1.54) is 0 Å². The van der Waals surface area contributed by atoms with E-state index in [1.54, 1.807) is 4.68 Å². The quantitative estimate of drug-likeness (QED) is 0.912. The Hall–Kier alpha value is -2.01. The van der Waals surface area contributed by atoms with Gasteiger partial charge < -0.3 is 10.6 Å². The van der Waals surface area contributed by atoms with E-state index in [1.807, 2.05) is 46.0 Å². The van der Waals surface area contributed by atoms with Gasteiger partial charge in [-0.2, -0.15) is 5.10 Å². The van der Waals surface area contributed by atoms with Crippen LogP contribution in [0.4, 0.5) is 11.4 Å². The summed E-state index contributed by atoms with van der Waals surface area (Å²) in [6.07, 6.45) is 0. The summed E-state index contributed by atoms with van der Waals surface area (Å²) in [4.78, 5) is 12.1. The van der Waals surface area contributed by atoms with Crippen molar-refractivity contribution in [3.8, 4) is 0 Å². The summed E-state index contributed by atoms with van der Waals surface area (Å²) in [6.45, 7) is 5.93. The SMILES string of the molecule is Cc1ccc(Cl)cc1NCC(=O)Nc1c(C)nn(C)c1C. The van der Waals surface area contributed by atoms with Crippen molar-refractivity contribution >= 4 is 28.9 Å². The Labute approximate surface area is 129 Å². The van der Waals surface area contributed by atoms with Crippen LogP contribution in [0.1, 0.15) is 17.0 Å². The van der Waals surface area contributed by atoms with Crippen LogP contribution in [0.25, 0.3) is 0 Å². The molecule has 2 aromatic rings. The number of hydrogen-bond acceptors (Lipinski definition) is 3. The van der Waals surface area contributed by atoms with E-state index >= 15 is 0 Å². The van der Waals surface area contributed by atoms with Crippen molar-refractivity contribution in [2.45, 2.75) is 20.8 Å². The molecule has 0 radical (unpaired) electrons. The minimum Gasteiger partial charge on any atom is -0.376 e. The number of carbonyl (C=O) groups excluding carboxylic acids is 1. The standard InChI is InChI=1S/C15H19ClN4O/c1-9-5-6-12(16)7-13(9)17-8-14(21)18-15-10(2)19-20(4)11(15)3/h5-7,17H,8H2,1-4H3,(H,18,21). The van der Waals surface area contributed by atoms with Gasteiger partial charge in [-0.15, -0.1) is 0 Å². The molecule has 0 aliphatic heterocycles. The van der Waals surface area contributed by atoms with E-state index in [0.717, 1.165) is 28.3 Å². The Bertz CT molecular complexity index is 679. The van der Waals surface area contributed by atoms with Gasteiger partial charge in [0.25, 0.3) is 0 Å². The molecule has 5 nitrogen and oxygen atoms in total. The summed E-state index contributed by atoms with van der Waals surface area (Å²) in [7, 11) is 1.85. The third kappa shape index (κ3) is 3.55. The molecule has 1 aromatic carbocycles. The number of hydrogen-bond donors (Lipinski definition) is 2. The largest absolute Gasteiger partial charge is 0.376 e. The molecule has 1 amide bonds. The Morgan fingerprint density at radius 1 is 1.33 bits per heavy atom. The number of aromatic nitrogens is 2. The molecular formula is C15H19ClN4O. The Kier molecular flexibility index (Phi) is 4.53. The van der Waals surface area contributed by atoms with Gasteiger partial charge in [0.2, 0.25) is 5.91 Å². The van der Waals surface area contributed by atoms with Gasteiger partial charge in [0, 0.05) is 17.8 Å². The molecule has 0 bridgehead atoms. The van der Waals surface area contributed by atoms with Crippen molar-refractivity contribution in [2.24, 2.45) is 7.05 Å². The minimum absolute atomic E-state index is 0.117. The van der Waals surface area contributed by atoms with Crippen molar-refractivity contribution in [3.05, 3.63) is 40.2 Å². The van der Waals surface area contributed by atoms with Gasteiger partial charge in [0.15, 0.2) is 0 Å². The maximum Gasteiger partial charge on any atom is 0.243 e. The smallest absolute Gasteiger partial charge is 0.243 e. The van der Waals surface area contributed by atoms with Crippen LogP contribution in [0, 0.1) is 20.8 Å². The summed E-state index contributed by atoms with van der Waals surface area (Å²) >= 11 is 5.95. The lowest BCUT2D eigenvalue weighted by Gasteiger charge is -2.10. The molecule has 1 aromatic heterocycles. The number of halogens is 1. The number of benzene rings is 1. The highest BCUT2D eigenvalue weighted by atomic mass is 35.5. The van der Waals surface area contributed by atoms with Crippen molar-refractivity contribution < 1.29 is 4.79 Å². The summed E-state index contributed by atoms with van der Waals surface area (Å²) in [5.74, 6) is -0.117. The maximum atomic E-state index is 12.1. The number of anilines is 2. The van der Waals surface area contributed by atoms with Crippen LogP contribution in [0.5, 0.6) is 0 Å². The summed E-state index contributed by atoms with van der Waals surface area (Å²) in [5, 5.41) is 10.9. The first kappa shape index (κ1) is 15.4. The van der Waals surface area contributed by atoms with Crippen LogP contribution >= 0.6 is 11.6 Å². The van der Waals surface area contributed by atoms with Crippen LogP contribution < -0.4 is 10.6 Å². The average Bonchev–Trinajstić information content (AvgIpc) is 2.66. The van der Waals surface area contributed by atoms with E-state index in [9.17, 15) is 4.79 Å². The van der Waals surface area contributed by atoms with Gasteiger partial charge in [-0.1, -0.05) is 17.7 Å². The Morgan fingerprint density at radius 3 is 2.67 bits per heavy atom. The molecule has 21 heavy (non-hydrogen) atoms. The number of nitrogens with zero attached hydrogens (tertiary/aromatic N) is 2. The second kappa shape index (κ2) is 6.18. The monoisotopic (exact) mass is 306 g/mol. The molecule has 0 atom stereocenters. The molecule has 0 aliphatic carbocycles. The number of rotatable bonds is 4. The summed E-state index contributed by atoms with van der Waals surface area (Å²) < 4.78 is 1.75. The van der Waals surface area contributed by atoms with Crippen molar-refractivity contribution in [1.29, 1.82) is 0 Å². The predicted octanol–water partition coefficient (Wildman–Crippen LogP) is 3.05. The molecule has 2 N–H and O–H groups in total. The topological polar surface area (TPSA) is 59.0 Å². The van der Waals surface area contributed by atoms with E-state index in [2.05, 4.69) is 15.7 Å². The van der Waals surface area contributed by atoms with Gasteiger partial charge in [-0.3, -0.25) is 9.48 Å². The average molecular weight is 307 g/mol. The van der Waals surface area contributed by atoms with Crippen LogP contribution in [0.2, 0.25) is 5.02 Å². The highest BCUT2D eigenvalue weighted by molar-refractivity contribution is 6.30. The second-order valence-electron chi connectivity index (χ2n) is 5.03. The molecule has 0 unspecified atom stereocenters. The lowest BCUT2D eigenvalue weighted by Crippen LogP contribution is -2.22. The first-order valence-electron chi connectivity index (χ1n) is 6.68. The van der Waals surface area contributed by atoms with Gasteiger partial charge in [-0.05, 0) is 38.5 Å². The highest BCUT2D eigenvalue weighted by Crippen LogP contribution is 2.20.